The van der Waals surface area contributed by atoms with Crippen molar-refractivity contribution in [1.82, 2.24) is 4.72 Å². The lowest BCUT2D eigenvalue weighted by molar-refractivity contribution is 0.0982. The molecule has 2 aliphatic heterocycles. The first kappa shape index (κ1) is 29.6. The summed E-state index contributed by atoms with van der Waals surface area (Å²) in [5.41, 5.74) is 5.66. The van der Waals surface area contributed by atoms with Gasteiger partial charge in [0.25, 0.3) is 5.91 Å². The molecule has 1 N–H and O–H groups in total. The Hall–Kier alpha value is -2.34. The molecule has 1 saturated carbocycles. The van der Waals surface area contributed by atoms with Gasteiger partial charge in [0.2, 0.25) is 0 Å². The number of nitrogens with zero attached hydrogens (tertiary/aromatic N) is 1. The maximum atomic E-state index is 13.1. The molecule has 2 aromatic rings. The molecule has 6 atom stereocenters. The lowest BCUT2D eigenvalue weighted by Crippen LogP contribution is -2.41. The molecule has 39 heavy (non-hydrogen) atoms. The molecule has 214 valence electrons. The van der Waals surface area contributed by atoms with Crippen LogP contribution in [0.3, 0.4) is 0 Å². The predicted octanol–water partition coefficient (Wildman–Crippen LogP) is 7.19. The summed E-state index contributed by atoms with van der Waals surface area (Å²) in [6.07, 6.45) is 6.95. The topological polar surface area (TPSA) is 58.6 Å². The van der Waals surface area contributed by atoms with Gasteiger partial charge in [0.15, 0.2) is 0 Å². The van der Waals surface area contributed by atoms with Crippen molar-refractivity contribution >= 4 is 22.6 Å². The molecular weight excluding hydrogens is 504 g/mol. The third-order valence-electron chi connectivity index (χ3n) is 9.06. The number of carbonyl (C=O) groups is 1. The van der Waals surface area contributed by atoms with Crippen LogP contribution >= 0.6 is 0 Å². The van der Waals surface area contributed by atoms with Gasteiger partial charge in [-0.05, 0) is 93.0 Å². The SMILES string of the molecule is CC.CCCc1cc(C)ccc1C1COc2ccc3cc2N(C1)CC1CCC1CCC(C)C(C)S(=O)NC3=O. The average molecular weight is 553 g/mol. The first-order valence-electron chi connectivity index (χ1n) is 15.2. The molecule has 5 rings (SSSR count). The van der Waals surface area contributed by atoms with Gasteiger partial charge in [0.05, 0.1) is 17.5 Å². The normalized spacial score (nSPS) is 28.8. The number of benzene rings is 2. The molecule has 2 bridgehead atoms. The van der Waals surface area contributed by atoms with Gasteiger partial charge < -0.3 is 9.64 Å². The van der Waals surface area contributed by atoms with Crippen molar-refractivity contribution < 1.29 is 13.7 Å². The van der Waals surface area contributed by atoms with E-state index in [1.165, 1.54) is 36.0 Å². The van der Waals surface area contributed by atoms with Crippen molar-refractivity contribution in [2.45, 2.75) is 91.2 Å². The summed E-state index contributed by atoms with van der Waals surface area (Å²) in [4.78, 5) is 15.6. The number of carbonyl (C=O) groups excluding carboxylic acids is 1. The number of amides is 1. The van der Waals surface area contributed by atoms with Gasteiger partial charge in [-0.25, -0.2) is 4.21 Å². The van der Waals surface area contributed by atoms with Crippen molar-refractivity contribution in [3.8, 4) is 5.75 Å². The number of hydrogen-bond donors (Lipinski definition) is 1. The van der Waals surface area contributed by atoms with E-state index in [2.05, 4.69) is 48.6 Å². The van der Waals surface area contributed by atoms with Crippen LogP contribution in [0.1, 0.15) is 99.7 Å². The van der Waals surface area contributed by atoms with Gasteiger partial charge in [-0.3, -0.25) is 9.52 Å². The first-order chi connectivity index (χ1) is 18.8. The second-order valence-electron chi connectivity index (χ2n) is 11.6. The predicted molar refractivity (Wildman–Crippen MR) is 163 cm³/mol. The summed E-state index contributed by atoms with van der Waals surface area (Å²) >= 11 is 0. The van der Waals surface area contributed by atoms with Gasteiger partial charge >= 0.3 is 0 Å². The van der Waals surface area contributed by atoms with Crippen LogP contribution in [0.5, 0.6) is 5.75 Å². The van der Waals surface area contributed by atoms with Crippen molar-refractivity contribution in [2.75, 3.05) is 24.6 Å². The van der Waals surface area contributed by atoms with Crippen LogP contribution in [0.4, 0.5) is 5.69 Å². The van der Waals surface area contributed by atoms with E-state index in [1.54, 1.807) is 0 Å². The van der Waals surface area contributed by atoms with Crippen LogP contribution in [0.25, 0.3) is 0 Å². The molecule has 6 unspecified atom stereocenters. The van der Waals surface area contributed by atoms with Crippen molar-refractivity contribution in [3.63, 3.8) is 0 Å². The van der Waals surface area contributed by atoms with E-state index in [0.717, 1.165) is 43.8 Å². The maximum absolute atomic E-state index is 13.1. The van der Waals surface area contributed by atoms with Crippen LogP contribution in [-0.4, -0.2) is 35.1 Å². The molecular formula is C33H48N2O3S. The van der Waals surface area contributed by atoms with Crippen molar-refractivity contribution in [2.24, 2.45) is 17.8 Å². The number of rotatable bonds is 3. The molecule has 3 aliphatic rings. The zero-order valence-electron chi connectivity index (χ0n) is 24.8. The van der Waals surface area contributed by atoms with E-state index in [4.69, 9.17) is 4.74 Å². The summed E-state index contributed by atoms with van der Waals surface area (Å²) in [5.74, 6) is 2.49. The zero-order chi connectivity index (χ0) is 28.1. The highest BCUT2D eigenvalue weighted by Gasteiger charge is 2.36. The maximum Gasteiger partial charge on any atom is 0.263 e. The Bertz CT molecular complexity index is 1170. The highest BCUT2D eigenvalue weighted by Crippen LogP contribution is 2.43. The summed E-state index contributed by atoms with van der Waals surface area (Å²) in [6, 6.07) is 12.6. The number of hydrogen-bond acceptors (Lipinski definition) is 4. The number of anilines is 1. The minimum atomic E-state index is -1.41. The van der Waals surface area contributed by atoms with Crippen LogP contribution in [0.2, 0.25) is 0 Å². The summed E-state index contributed by atoms with van der Waals surface area (Å²) in [5, 5.41) is -0.0707. The Kier molecular flexibility index (Phi) is 10.1. The molecule has 0 radical (unpaired) electrons. The lowest BCUT2D eigenvalue weighted by atomic mass is 9.70. The van der Waals surface area contributed by atoms with Gasteiger partial charge in [0, 0.05) is 24.6 Å². The van der Waals surface area contributed by atoms with Gasteiger partial charge in [-0.2, -0.15) is 0 Å². The minimum absolute atomic E-state index is 0.0707. The largest absolute Gasteiger partial charge is 0.491 e. The van der Waals surface area contributed by atoms with E-state index in [0.29, 0.717) is 29.9 Å². The summed E-state index contributed by atoms with van der Waals surface area (Å²) in [7, 11) is -1.41. The van der Waals surface area contributed by atoms with E-state index in [9.17, 15) is 9.00 Å². The van der Waals surface area contributed by atoms with Crippen molar-refractivity contribution in [1.29, 1.82) is 0 Å². The number of fused-ring (bicyclic) bond motifs is 2. The smallest absolute Gasteiger partial charge is 0.263 e. The lowest BCUT2D eigenvalue weighted by Gasteiger charge is -2.42. The first-order valence-corrected chi connectivity index (χ1v) is 16.4. The molecule has 1 aliphatic carbocycles. The number of nitrogens with one attached hydrogen (secondary N) is 1. The van der Waals surface area contributed by atoms with Crippen LogP contribution in [0.15, 0.2) is 36.4 Å². The fourth-order valence-electron chi connectivity index (χ4n) is 6.32. The second kappa shape index (κ2) is 13.3. The van der Waals surface area contributed by atoms with Gasteiger partial charge in [0.1, 0.15) is 16.7 Å². The van der Waals surface area contributed by atoms with Crippen LogP contribution < -0.4 is 14.4 Å². The number of aryl methyl sites for hydroxylation is 2. The van der Waals surface area contributed by atoms with E-state index in [-0.39, 0.29) is 17.1 Å². The molecule has 5 nitrogen and oxygen atoms in total. The Labute approximate surface area is 238 Å². The van der Waals surface area contributed by atoms with Gasteiger partial charge in [-0.15, -0.1) is 0 Å². The van der Waals surface area contributed by atoms with Crippen molar-refractivity contribution in [3.05, 3.63) is 58.7 Å². The molecule has 6 heteroatoms. The Balaban J connectivity index is 0.00000172. The van der Waals surface area contributed by atoms with E-state index < -0.39 is 11.0 Å². The molecule has 0 spiro atoms. The Morgan fingerprint density at radius 2 is 1.74 bits per heavy atom. The number of ether oxygens (including phenoxy) is 1. The highest BCUT2D eigenvalue weighted by atomic mass is 32.2. The molecule has 1 fully saturated rings. The van der Waals surface area contributed by atoms with E-state index in [1.807, 2.05) is 39.0 Å². The minimum Gasteiger partial charge on any atom is -0.491 e. The molecule has 2 heterocycles. The summed E-state index contributed by atoms with van der Waals surface area (Å²) < 4.78 is 22.2. The standard InChI is InChI=1S/C31H42N2O3S.C2H6/c1-5-6-24-15-20(2)7-13-28(24)27-18-33-17-26-11-10-23(26)9-8-21(3)22(4)37(35)32-31(34)25-12-14-30(36-19-27)29(33)16-25;1-2/h7,12-16,21-23,26-27H,5-6,8-11,17-19H2,1-4H3,(H,32,34);1-2H3. The molecule has 1 amide bonds. The molecule has 2 aromatic carbocycles. The Morgan fingerprint density at radius 3 is 2.46 bits per heavy atom. The highest BCUT2D eigenvalue weighted by molar-refractivity contribution is 7.84. The van der Waals surface area contributed by atoms with Crippen LogP contribution in [0, 0.1) is 24.7 Å². The summed E-state index contributed by atoms with van der Waals surface area (Å²) in [6.45, 7) is 15.1. The monoisotopic (exact) mass is 552 g/mol. The average Bonchev–Trinajstić information content (AvgIpc) is 3.10. The molecule has 0 saturated heterocycles. The second-order valence-corrected chi connectivity index (χ2v) is 13.2. The van der Waals surface area contributed by atoms with Gasteiger partial charge in [-0.1, -0.05) is 57.9 Å². The molecule has 0 aromatic heterocycles. The third-order valence-corrected chi connectivity index (χ3v) is 10.6. The third kappa shape index (κ3) is 6.70. The fourth-order valence-corrected chi connectivity index (χ4v) is 7.37. The zero-order valence-corrected chi connectivity index (χ0v) is 25.6. The Morgan fingerprint density at radius 1 is 1.00 bits per heavy atom. The van der Waals surface area contributed by atoms with E-state index >= 15 is 0 Å². The van der Waals surface area contributed by atoms with Crippen LogP contribution in [-0.2, 0) is 17.4 Å². The fraction of sp³-hybridized carbons (Fsp3) is 0.606. The quantitative estimate of drug-likeness (QED) is 0.438.